The average Bonchev–Trinajstić information content (AvgIpc) is 2.44. The lowest BCUT2D eigenvalue weighted by molar-refractivity contribution is -0.145. The van der Waals surface area contributed by atoms with Crippen LogP contribution in [0, 0.1) is 5.82 Å². The third-order valence-corrected chi connectivity index (χ3v) is 2.57. The van der Waals surface area contributed by atoms with Gasteiger partial charge in [0.1, 0.15) is 18.8 Å². The van der Waals surface area contributed by atoms with Gasteiger partial charge < -0.3 is 19.9 Å². The maximum Gasteiger partial charge on any atom is 0.322 e. The van der Waals surface area contributed by atoms with Crippen LogP contribution >= 0.6 is 0 Å². The van der Waals surface area contributed by atoms with Gasteiger partial charge in [0, 0.05) is 6.54 Å². The standard InChI is InChI=1S/C14H20FNO4/c1-3-19-14(18)10(2)16-8-11(17)9-20-13-7-5-4-6-12(13)15/h4-7,10-11,16-17H,3,8-9H2,1-2H3. The number of halogens is 1. The monoisotopic (exact) mass is 285 g/mol. The van der Waals surface area contributed by atoms with Crippen LogP contribution in [-0.2, 0) is 9.53 Å². The van der Waals surface area contributed by atoms with Gasteiger partial charge >= 0.3 is 5.97 Å². The number of esters is 1. The Labute approximate surface area is 117 Å². The summed E-state index contributed by atoms with van der Waals surface area (Å²) in [6.45, 7) is 3.76. The van der Waals surface area contributed by atoms with Crippen LogP contribution in [0.15, 0.2) is 24.3 Å². The fourth-order valence-electron chi connectivity index (χ4n) is 1.47. The SMILES string of the molecule is CCOC(=O)C(C)NCC(O)COc1ccccc1F. The quantitative estimate of drug-likeness (QED) is 0.700. The Bertz CT molecular complexity index is 427. The predicted molar refractivity (Wildman–Crippen MR) is 72.0 cm³/mol. The van der Waals surface area contributed by atoms with Gasteiger partial charge in [-0.25, -0.2) is 4.39 Å². The van der Waals surface area contributed by atoms with Crippen molar-refractivity contribution in [3.05, 3.63) is 30.1 Å². The normalized spacial score (nSPS) is 13.6. The molecule has 1 aromatic rings. The number of hydrogen-bond donors (Lipinski definition) is 2. The number of carbonyl (C=O) groups excluding carboxylic acids is 1. The zero-order chi connectivity index (χ0) is 15.0. The number of ether oxygens (including phenoxy) is 2. The number of aliphatic hydroxyl groups is 1. The van der Waals surface area contributed by atoms with E-state index in [1.165, 1.54) is 12.1 Å². The van der Waals surface area contributed by atoms with Crippen LogP contribution in [0.25, 0.3) is 0 Å². The Kier molecular flexibility index (Phi) is 6.97. The topological polar surface area (TPSA) is 67.8 Å². The summed E-state index contributed by atoms with van der Waals surface area (Å²) in [6.07, 6.45) is -0.855. The summed E-state index contributed by atoms with van der Waals surface area (Å²) in [7, 11) is 0. The fraction of sp³-hybridized carbons (Fsp3) is 0.500. The van der Waals surface area contributed by atoms with Crippen molar-refractivity contribution in [2.24, 2.45) is 0 Å². The number of nitrogens with one attached hydrogen (secondary N) is 1. The zero-order valence-electron chi connectivity index (χ0n) is 11.6. The van der Waals surface area contributed by atoms with Crippen LogP contribution in [-0.4, -0.2) is 43.0 Å². The molecule has 0 bridgehead atoms. The third-order valence-electron chi connectivity index (χ3n) is 2.57. The maximum absolute atomic E-state index is 13.3. The molecule has 0 amide bonds. The van der Waals surface area contributed by atoms with E-state index in [4.69, 9.17) is 9.47 Å². The first-order chi connectivity index (χ1) is 9.54. The maximum atomic E-state index is 13.3. The van der Waals surface area contributed by atoms with Crippen molar-refractivity contribution in [3.8, 4) is 5.75 Å². The summed E-state index contributed by atoms with van der Waals surface area (Å²) in [5.41, 5.74) is 0. The number of carbonyl (C=O) groups is 1. The van der Waals surface area contributed by atoms with Crippen LogP contribution < -0.4 is 10.1 Å². The number of aliphatic hydroxyl groups excluding tert-OH is 1. The van der Waals surface area contributed by atoms with Crippen molar-refractivity contribution in [1.82, 2.24) is 5.32 Å². The molecule has 2 atom stereocenters. The molecule has 0 spiro atoms. The van der Waals surface area contributed by atoms with Gasteiger partial charge in [-0.2, -0.15) is 0 Å². The average molecular weight is 285 g/mol. The van der Waals surface area contributed by atoms with E-state index >= 15 is 0 Å². The molecular weight excluding hydrogens is 265 g/mol. The number of para-hydroxylation sites is 1. The summed E-state index contributed by atoms with van der Waals surface area (Å²) >= 11 is 0. The van der Waals surface area contributed by atoms with Gasteiger partial charge in [-0.1, -0.05) is 12.1 Å². The second-order valence-electron chi connectivity index (χ2n) is 4.28. The lowest BCUT2D eigenvalue weighted by Crippen LogP contribution is -2.41. The Morgan fingerprint density at radius 2 is 2.15 bits per heavy atom. The number of hydrogen-bond acceptors (Lipinski definition) is 5. The highest BCUT2D eigenvalue weighted by Gasteiger charge is 2.15. The highest BCUT2D eigenvalue weighted by molar-refractivity contribution is 5.75. The van der Waals surface area contributed by atoms with Crippen LogP contribution in [0.4, 0.5) is 4.39 Å². The van der Waals surface area contributed by atoms with Gasteiger partial charge in [-0.15, -0.1) is 0 Å². The molecular formula is C14H20FNO4. The van der Waals surface area contributed by atoms with Crippen molar-refractivity contribution in [2.75, 3.05) is 19.8 Å². The molecule has 2 N–H and O–H groups in total. The Balaban J connectivity index is 2.29. The highest BCUT2D eigenvalue weighted by atomic mass is 19.1. The van der Waals surface area contributed by atoms with E-state index in [1.807, 2.05) is 0 Å². The van der Waals surface area contributed by atoms with Crippen molar-refractivity contribution >= 4 is 5.97 Å². The molecule has 0 aliphatic heterocycles. The van der Waals surface area contributed by atoms with Crippen LogP contribution in [0.3, 0.4) is 0 Å². The zero-order valence-corrected chi connectivity index (χ0v) is 11.6. The van der Waals surface area contributed by atoms with E-state index in [0.717, 1.165) is 0 Å². The molecule has 6 heteroatoms. The first kappa shape index (κ1) is 16.4. The minimum atomic E-state index is -0.855. The van der Waals surface area contributed by atoms with Gasteiger partial charge in [0.2, 0.25) is 0 Å². The second-order valence-corrected chi connectivity index (χ2v) is 4.28. The van der Waals surface area contributed by atoms with Gasteiger partial charge in [-0.05, 0) is 26.0 Å². The molecule has 112 valence electrons. The van der Waals surface area contributed by atoms with Crippen molar-refractivity contribution in [1.29, 1.82) is 0 Å². The Morgan fingerprint density at radius 3 is 2.80 bits per heavy atom. The number of rotatable bonds is 8. The van der Waals surface area contributed by atoms with Crippen LogP contribution in [0.2, 0.25) is 0 Å². The van der Waals surface area contributed by atoms with Crippen molar-refractivity contribution < 1.29 is 23.8 Å². The summed E-state index contributed by atoms with van der Waals surface area (Å²) in [6, 6.07) is 5.45. The summed E-state index contributed by atoms with van der Waals surface area (Å²) in [4.78, 5) is 11.3. The predicted octanol–water partition coefficient (Wildman–Crippen LogP) is 1.11. The van der Waals surface area contributed by atoms with E-state index in [9.17, 15) is 14.3 Å². The minimum absolute atomic E-state index is 0.0660. The summed E-state index contributed by atoms with van der Waals surface area (Å²) in [5, 5.41) is 12.5. The summed E-state index contributed by atoms with van der Waals surface area (Å²) in [5.74, 6) is -0.771. The molecule has 5 nitrogen and oxygen atoms in total. The van der Waals surface area contributed by atoms with E-state index in [2.05, 4.69) is 5.32 Å². The van der Waals surface area contributed by atoms with Crippen molar-refractivity contribution in [3.63, 3.8) is 0 Å². The minimum Gasteiger partial charge on any atom is -0.488 e. The van der Waals surface area contributed by atoms with Gasteiger partial charge in [-0.3, -0.25) is 4.79 Å². The molecule has 2 unspecified atom stereocenters. The van der Waals surface area contributed by atoms with E-state index < -0.39 is 18.0 Å². The largest absolute Gasteiger partial charge is 0.488 e. The van der Waals surface area contributed by atoms with Crippen LogP contribution in [0.1, 0.15) is 13.8 Å². The smallest absolute Gasteiger partial charge is 0.322 e. The molecule has 0 heterocycles. The molecule has 1 aromatic carbocycles. The van der Waals surface area contributed by atoms with Crippen molar-refractivity contribution in [2.45, 2.75) is 26.0 Å². The first-order valence-corrected chi connectivity index (χ1v) is 6.50. The summed E-state index contributed by atoms with van der Waals surface area (Å²) < 4.78 is 23.2. The van der Waals surface area contributed by atoms with Crippen LogP contribution in [0.5, 0.6) is 5.75 Å². The molecule has 0 fully saturated rings. The second kappa shape index (κ2) is 8.50. The molecule has 0 aromatic heterocycles. The molecule has 0 aliphatic carbocycles. The third kappa shape index (κ3) is 5.54. The molecule has 20 heavy (non-hydrogen) atoms. The highest BCUT2D eigenvalue weighted by Crippen LogP contribution is 2.15. The Morgan fingerprint density at radius 1 is 1.45 bits per heavy atom. The molecule has 0 aliphatic rings. The van der Waals surface area contributed by atoms with Gasteiger partial charge in [0.25, 0.3) is 0 Å². The lowest BCUT2D eigenvalue weighted by atomic mass is 10.3. The fourth-order valence-corrected chi connectivity index (χ4v) is 1.47. The lowest BCUT2D eigenvalue weighted by Gasteiger charge is -2.16. The van der Waals surface area contributed by atoms with E-state index in [-0.39, 0.29) is 24.9 Å². The van der Waals surface area contributed by atoms with Gasteiger partial charge in [0.05, 0.1) is 6.61 Å². The number of benzene rings is 1. The molecule has 0 radical (unpaired) electrons. The Hall–Kier alpha value is -1.66. The first-order valence-electron chi connectivity index (χ1n) is 6.50. The van der Waals surface area contributed by atoms with E-state index in [0.29, 0.717) is 6.61 Å². The van der Waals surface area contributed by atoms with Gasteiger partial charge in [0.15, 0.2) is 11.6 Å². The van der Waals surface area contributed by atoms with E-state index in [1.54, 1.807) is 26.0 Å². The molecule has 0 saturated heterocycles. The molecule has 1 rings (SSSR count). The molecule has 0 saturated carbocycles.